The van der Waals surface area contributed by atoms with Crippen molar-refractivity contribution < 1.29 is 18.7 Å². The lowest BCUT2D eigenvalue weighted by Crippen LogP contribution is -2.34. The lowest BCUT2D eigenvalue weighted by atomic mass is 9.55. The smallest absolute Gasteiger partial charge is 0.322 e. The summed E-state index contributed by atoms with van der Waals surface area (Å²) in [5.41, 5.74) is 0.833. The number of hydrogen-bond donors (Lipinski definition) is 2. The number of nitrogens with one attached hydrogen (secondary N) is 1. The van der Waals surface area contributed by atoms with Crippen LogP contribution in [0.25, 0.3) is 5.65 Å². The third-order valence-corrected chi connectivity index (χ3v) is 5.27. The number of urea groups is 1. The number of amides is 2. The van der Waals surface area contributed by atoms with Gasteiger partial charge < -0.3 is 20.2 Å². The average molecular weight is 450 g/mol. The van der Waals surface area contributed by atoms with Crippen molar-refractivity contribution in [2.45, 2.75) is 31.2 Å². The number of hydrogen-bond acceptors (Lipinski definition) is 5. The molecule has 12 heteroatoms. The van der Waals surface area contributed by atoms with E-state index in [1.165, 1.54) is 15.6 Å². The first-order valence-electron chi connectivity index (χ1n) is 10.4. The molecule has 4 rings (SSSR count). The molecule has 33 heavy (non-hydrogen) atoms. The summed E-state index contributed by atoms with van der Waals surface area (Å²) in [5, 5.41) is 15.5. The molecule has 0 saturated carbocycles. The Morgan fingerprint density at radius 1 is 1.36 bits per heavy atom. The molecule has 8 nitrogen and oxygen atoms in total. The van der Waals surface area contributed by atoms with E-state index in [0.717, 1.165) is 18.2 Å². The number of likely N-dealkylation sites (tertiary alicyclic amines) is 1. The summed E-state index contributed by atoms with van der Waals surface area (Å²) in [5.74, 6) is -0.741. The number of carbonyl (C=O) groups excluding carboxylic acids is 1. The van der Waals surface area contributed by atoms with Gasteiger partial charge in [0.25, 0.3) is 0 Å². The van der Waals surface area contributed by atoms with Crippen molar-refractivity contribution in [3.63, 3.8) is 0 Å². The molecule has 4 radical (unpaired) electrons. The van der Waals surface area contributed by atoms with Gasteiger partial charge in [0.2, 0.25) is 0 Å². The first-order valence-corrected chi connectivity index (χ1v) is 10.4. The van der Waals surface area contributed by atoms with Gasteiger partial charge in [0.1, 0.15) is 23.1 Å². The first kappa shape index (κ1) is 23.0. The highest BCUT2D eigenvalue weighted by molar-refractivity contribution is 6.39. The molecule has 1 saturated heterocycles. The highest BCUT2D eigenvalue weighted by Crippen LogP contribution is 2.26. The number of rotatable bonds is 6. The molecule has 2 amide bonds. The Bertz CT molecular complexity index is 1170. The molecule has 2 N–H and O–H groups in total. The van der Waals surface area contributed by atoms with Crippen LogP contribution in [0.1, 0.15) is 18.9 Å². The Balaban J connectivity index is 1.64. The van der Waals surface area contributed by atoms with Crippen LogP contribution in [0, 0.1) is 11.6 Å². The van der Waals surface area contributed by atoms with Crippen LogP contribution in [0.15, 0.2) is 36.7 Å². The number of aromatic nitrogens is 3. The Labute approximate surface area is 192 Å². The Kier molecular flexibility index (Phi) is 6.29. The standard InChI is InChI=1S/C21H22B2F2N6O2/c1-21(22,23)12-30(10-13-8-14(24)2-3-16(13)25)18-5-7-31-19(28-18)17(9-26-31)27-20(33)29-6-4-15(32)11-29/h2-3,5,7-9,15,32H,4,6,10-12H2,1H3,(H,27,33). The largest absolute Gasteiger partial charge is 0.391 e. The van der Waals surface area contributed by atoms with Gasteiger partial charge in [0.15, 0.2) is 5.65 Å². The Morgan fingerprint density at radius 3 is 2.85 bits per heavy atom. The number of fused-ring (bicyclic) bond motifs is 1. The lowest BCUT2D eigenvalue weighted by molar-refractivity contribution is 0.176. The van der Waals surface area contributed by atoms with Crippen molar-refractivity contribution in [1.29, 1.82) is 0 Å². The monoisotopic (exact) mass is 450 g/mol. The second-order valence-electron chi connectivity index (χ2n) is 8.53. The van der Waals surface area contributed by atoms with Gasteiger partial charge in [-0.05, 0) is 30.7 Å². The van der Waals surface area contributed by atoms with Crippen molar-refractivity contribution in [1.82, 2.24) is 19.5 Å². The summed E-state index contributed by atoms with van der Waals surface area (Å²) in [6, 6.07) is 4.49. The van der Waals surface area contributed by atoms with Gasteiger partial charge in [-0.1, -0.05) is 12.1 Å². The molecule has 1 aromatic carbocycles. The van der Waals surface area contributed by atoms with Gasteiger partial charge in [0, 0.05) is 37.9 Å². The number of carbonyl (C=O) groups is 1. The van der Waals surface area contributed by atoms with Crippen molar-refractivity contribution in [2.75, 3.05) is 29.9 Å². The molecule has 1 fully saturated rings. The van der Waals surface area contributed by atoms with Crippen LogP contribution in [0.4, 0.5) is 25.1 Å². The summed E-state index contributed by atoms with van der Waals surface area (Å²) in [6.45, 7) is 2.37. The van der Waals surface area contributed by atoms with E-state index in [0.29, 0.717) is 30.1 Å². The van der Waals surface area contributed by atoms with Gasteiger partial charge in [-0.25, -0.2) is 23.1 Å². The zero-order chi connectivity index (χ0) is 23.8. The average Bonchev–Trinajstić information content (AvgIpc) is 3.35. The van der Waals surface area contributed by atoms with Crippen molar-refractivity contribution in [2.24, 2.45) is 0 Å². The van der Waals surface area contributed by atoms with Crippen molar-refractivity contribution in [3.8, 4) is 0 Å². The fourth-order valence-corrected chi connectivity index (χ4v) is 3.74. The molecule has 168 valence electrons. The normalized spacial score (nSPS) is 16.4. The molecule has 1 aliphatic heterocycles. The number of aliphatic hydroxyl groups excluding tert-OH is 1. The van der Waals surface area contributed by atoms with Crippen molar-refractivity contribution in [3.05, 3.63) is 53.9 Å². The number of aliphatic hydroxyl groups is 1. The van der Waals surface area contributed by atoms with Gasteiger partial charge in [0.05, 0.1) is 28.0 Å². The lowest BCUT2D eigenvalue weighted by Gasteiger charge is -2.32. The molecule has 1 atom stereocenters. The van der Waals surface area contributed by atoms with Crippen LogP contribution in [0.3, 0.4) is 0 Å². The van der Waals surface area contributed by atoms with Gasteiger partial charge >= 0.3 is 6.03 Å². The molecule has 1 unspecified atom stereocenters. The topological polar surface area (TPSA) is 86.0 Å². The van der Waals surface area contributed by atoms with E-state index < -0.39 is 23.0 Å². The zero-order valence-corrected chi connectivity index (χ0v) is 18.1. The zero-order valence-electron chi connectivity index (χ0n) is 18.1. The second-order valence-corrected chi connectivity index (χ2v) is 8.53. The van der Waals surface area contributed by atoms with E-state index in [1.54, 1.807) is 24.1 Å². The van der Waals surface area contributed by atoms with E-state index in [9.17, 15) is 18.7 Å². The molecule has 1 aliphatic rings. The first-order chi connectivity index (χ1) is 15.6. The molecule has 0 aliphatic carbocycles. The Hall–Kier alpha value is -3.14. The van der Waals surface area contributed by atoms with Gasteiger partial charge in [-0.15, -0.1) is 0 Å². The minimum atomic E-state index is -1.15. The summed E-state index contributed by atoms with van der Waals surface area (Å²) in [4.78, 5) is 20.3. The van der Waals surface area contributed by atoms with Gasteiger partial charge in [-0.2, -0.15) is 5.10 Å². The fraction of sp³-hybridized carbons (Fsp3) is 0.381. The quantitative estimate of drug-likeness (QED) is 0.563. The minimum Gasteiger partial charge on any atom is -0.391 e. The number of anilines is 2. The third-order valence-electron chi connectivity index (χ3n) is 5.27. The number of β-amino-alcohol motifs (C(OH)–C–C–N with tert-alkyl or cyclic N) is 1. The van der Waals surface area contributed by atoms with Crippen LogP contribution in [0.5, 0.6) is 0 Å². The molecule has 0 bridgehead atoms. The Morgan fingerprint density at radius 2 is 2.15 bits per heavy atom. The van der Waals surface area contributed by atoms with Gasteiger partial charge in [-0.3, -0.25) is 0 Å². The predicted octanol–water partition coefficient (Wildman–Crippen LogP) is 2.09. The maximum atomic E-state index is 14.3. The van der Waals surface area contributed by atoms with Crippen LogP contribution >= 0.6 is 0 Å². The summed E-state index contributed by atoms with van der Waals surface area (Å²) in [6.07, 6.45) is 3.07. The molecule has 0 spiro atoms. The van der Waals surface area contributed by atoms with E-state index in [2.05, 4.69) is 15.4 Å². The molecule has 3 aromatic rings. The molecule has 2 aromatic heterocycles. The highest BCUT2D eigenvalue weighted by atomic mass is 19.1. The second kappa shape index (κ2) is 9.01. The van der Waals surface area contributed by atoms with E-state index >= 15 is 0 Å². The number of benzene rings is 1. The maximum absolute atomic E-state index is 14.3. The third kappa shape index (κ3) is 5.44. The summed E-state index contributed by atoms with van der Waals surface area (Å²) >= 11 is 0. The van der Waals surface area contributed by atoms with E-state index in [-0.39, 0.29) is 31.2 Å². The maximum Gasteiger partial charge on any atom is 0.322 e. The summed E-state index contributed by atoms with van der Waals surface area (Å²) in [7, 11) is 12.0. The number of halogens is 2. The van der Waals surface area contributed by atoms with Crippen LogP contribution in [-0.4, -0.2) is 72.1 Å². The molecular formula is C21H22B2F2N6O2. The highest BCUT2D eigenvalue weighted by Gasteiger charge is 2.26. The summed E-state index contributed by atoms with van der Waals surface area (Å²) < 4.78 is 29.5. The number of nitrogens with zero attached hydrogens (tertiary/aromatic N) is 5. The van der Waals surface area contributed by atoms with Crippen LogP contribution < -0.4 is 10.2 Å². The predicted molar refractivity (Wildman–Crippen MR) is 121 cm³/mol. The minimum absolute atomic E-state index is 0.0295. The van der Waals surface area contributed by atoms with Crippen molar-refractivity contribution >= 4 is 38.9 Å². The fourth-order valence-electron chi connectivity index (χ4n) is 3.74. The van der Waals surface area contributed by atoms with Crippen LogP contribution in [0.2, 0.25) is 5.21 Å². The van der Waals surface area contributed by atoms with E-state index in [4.69, 9.17) is 15.7 Å². The van der Waals surface area contributed by atoms with E-state index in [1.807, 2.05) is 0 Å². The SMILES string of the molecule is [B]C([B])(C)CN(Cc1cc(F)ccc1F)c1ccn2ncc(NC(=O)N3CCC(O)C3)c2n1. The molecule has 3 heterocycles. The van der Waals surface area contributed by atoms with Crippen LogP contribution in [-0.2, 0) is 6.54 Å². The molecular weight excluding hydrogens is 428 g/mol.